The van der Waals surface area contributed by atoms with E-state index in [1.807, 2.05) is 13.0 Å². The highest BCUT2D eigenvalue weighted by Crippen LogP contribution is 2.42. The van der Waals surface area contributed by atoms with Gasteiger partial charge in [-0.25, -0.2) is 9.78 Å². The van der Waals surface area contributed by atoms with Gasteiger partial charge in [0.05, 0.1) is 49.4 Å². The molecule has 0 atom stereocenters. The van der Waals surface area contributed by atoms with Gasteiger partial charge in [-0.15, -0.1) is 0 Å². The van der Waals surface area contributed by atoms with Crippen LogP contribution in [0.3, 0.4) is 0 Å². The second-order valence-electron chi connectivity index (χ2n) is 10.5. The highest BCUT2D eigenvalue weighted by molar-refractivity contribution is 5.89. The molecule has 0 saturated carbocycles. The minimum absolute atomic E-state index is 0.0200. The van der Waals surface area contributed by atoms with Gasteiger partial charge in [-0.2, -0.15) is 23.5 Å². The summed E-state index contributed by atoms with van der Waals surface area (Å²) in [5, 5.41) is 19.4. The van der Waals surface area contributed by atoms with Crippen molar-refractivity contribution in [3.8, 4) is 22.6 Å². The molecule has 12 nitrogen and oxygen atoms in total. The first-order chi connectivity index (χ1) is 19.6. The first-order valence-corrected chi connectivity index (χ1v) is 12.9. The van der Waals surface area contributed by atoms with Gasteiger partial charge in [0, 0.05) is 31.8 Å². The van der Waals surface area contributed by atoms with Gasteiger partial charge in [-0.05, 0) is 37.6 Å². The molecular weight excluding hydrogens is 540 g/mol. The monoisotopic (exact) mass is 569 g/mol. The van der Waals surface area contributed by atoms with Gasteiger partial charge in [0.2, 0.25) is 0 Å². The largest absolute Gasteiger partial charge is 0.493 e. The molecule has 14 heteroatoms. The van der Waals surface area contributed by atoms with Gasteiger partial charge >= 0.3 is 12.7 Å². The van der Waals surface area contributed by atoms with E-state index in [2.05, 4.69) is 15.1 Å². The molecule has 2 aliphatic rings. The number of alkyl halides is 2. The number of aryl methyl sites for hydroxylation is 3. The molecule has 1 N–H and O–H groups in total. The van der Waals surface area contributed by atoms with Gasteiger partial charge in [0.15, 0.2) is 17.1 Å². The SMILES string of the molecule is COc1ccc(-c2c(C)nn3c(N(Cc4cc(C)nn4C)C(=O)O)cc(N4CC5(COC5)C4)nc23)cc1OC(F)F. The van der Waals surface area contributed by atoms with E-state index in [9.17, 15) is 18.7 Å². The number of rotatable bonds is 8. The zero-order valence-corrected chi connectivity index (χ0v) is 23.0. The summed E-state index contributed by atoms with van der Waals surface area (Å²) in [5.74, 6) is 0.878. The lowest BCUT2D eigenvalue weighted by molar-refractivity contribution is -0.127. The summed E-state index contributed by atoms with van der Waals surface area (Å²) in [6.07, 6.45) is -1.18. The topological polar surface area (TPSA) is 119 Å². The Labute approximate surface area is 233 Å². The van der Waals surface area contributed by atoms with Crippen molar-refractivity contribution in [2.45, 2.75) is 27.0 Å². The van der Waals surface area contributed by atoms with Crippen LogP contribution in [0.1, 0.15) is 17.1 Å². The molecule has 0 bridgehead atoms. The predicted molar refractivity (Wildman–Crippen MR) is 144 cm³/mol. The van der Waals surface area contributed by atoms with Crippen LogP contribution < -0.4 is 19.3 Å². The molecule has 6 rings (SSSR count). The summed E-state index contributed by atoms with van der Waals surface area (Å²) in [7, 11) is 3.13. The third-order valence-electron chi connectivity index (χ3n) is 7.52. The Morgan fingerprint density at radius 2 is 1.93 bits per heavy atom. The van der Waals surface area contributed by atoms with E-state index >= 15 is 0 Å². The van der Waals surface area contributed by atoms with E-state index in [-0.39, 0.29) is 29.3 Å². The quantitative estimate of drug-likeness (QED) is 0.337. The number of hydrogen-bond acceptors (Lipinski definition) is 8. The first kappa shape index (κ1) is 26.7. The van der Waals surface area contributed by atoms with E-state index < -0.39 is 12.7 Å². The Bertz CT molecular complexity index is 1640. The normalized spacial score (nSPS) is 15.7. The number of aromatic nitrogens is 5. The van der Waals surface area contributed by atoms with E-state index in [1.54, 1.807) is 30.8 Å². The van der Waals surface area contributed by atoms with Crippen LogP contribution in [0.5, 0.6) is 11.5 Å². The molecule has 5 heterocycles. The fourth-order valence-electron chi connectivity index (χ4n) is 5.53. The number of nitrogens with zero attached hydrogens (tertiary/aromatic N) is 7. The number of halogens is 2. The standard InChI is InChI=1S/C27H29F2N7O5/c1-15-7-18(33(3)31-15)10-35(26(37)38)22-9-21(34-11-27(12-34)13-40-14-27)30-24-23(16(2)32-36(22)24)17-5-6-19(39-4)20(8-17)41-25(28)29/h5-9,25H,10-14H2,1-4H3,(H,37,38). The third kappa shape index (κ3) is 4.67. The van der Waals surface area contributed by atoms with E-state index in [0.717, 1.165) is 18.8 Å². The zero-order valence-electron chi connectivity index (χ0n) is 23.0. The number of benzene rings is 1. The number of ether oxygens (including phenoxy) is 3. The molecule has 4 aromatic rings. The Balaban J connectivity index is 1.51. The summed E-state index contributed by atoms with van der Waals surface area (Å²) in [4.78, 5) is 20.9. The van der Waals surface area contributed by atoms with Crippen molar-refractivity contribution in [3.63, 3.8) is 0 Å². The van der Waals surface area contributed by atoms with Crippen LogP contribution in [0.25, 0.3) is 16.8 Å². The minimum Gasteiger partial charge on any atom is -0.493 e. The molecule has 2 fully saturated rings. The summed E-state index contributed by atoms with van der Waals surface area (Å²) in [6.45, 7) is 3.37. The van der Waals surface area contributed by atoms with Gasteiger partial charge in [-0.1, -0.05) is 6.07 Å². The van der Waals surface area contributed by atoms with E-state index in [4.69, 9.17) is 19.2 Å². The van der Waals surface area contributed by atoms with Crippen molar-refractivity contribution < 1.29 is 32.9 Å². The number of amides is 1. The average Bonchev–Trinajstić information content (AvgIpc) is 3.36. The average molecular weight is 570 g/mol. The molecule has 41 heavy (non-hydrogen) atoms. The first-order valence-electron chi connectivity index (χ1n) is 12.9. The van der Waals surface area contributed by atoms with Crippen molar-refractivity contribution in [1.29, 1.82) is 0 Å². The molecule has 216 valence electrons. The van der Waals surface area contributed by atoms with Crippen LogP contribution in [-0.4, -0.2) is 75.6 Å². The van der Waals surface area contributed by atoms with Crippen molar-refractivity contribution >= 4 is 23.4 Å². The third-order valence-corrected chi connectivity index (χ3v) is 7.52. The fourth-order valence-corrected chi connectivity index (χ4v) is 5.53. The maximum atomic E-state index is 13.2. The smallest absolute Gasteiger partial charge is 0.413 e. The molecule has 2 aliphatic heterocycles. The number of methoxy groups -OCH3 is 1. The van der Waals surface area contributed by atoms with Crippen molar-refractivity contribution in [2.24, 2.45) is 12.5 Å². The van der Waals surface area contributed by atoms with Crippen molar-refractivity contribution in [3.05, 3.63) is 47.4 Å². The molecule has 0 aliphatic carbocycles. The van der Waals surface area contributed by atoms with Crippen LogP contribution in [-0.2, 0) is 18.3 Å². The lowest BCUT2D eigenvalue weighted by Gasteiger charge is -2.55. The van der Waals surface area contributed by atoms with Crippen molar-refractivity contribution in [1.82, 2.24) is 24.4 Å². The molecular formula is C27H29F2N7O5. The lowest BCUT2D eigenvalue weighted by atomic mass is 9.78. The molecule has 1 spiro atoms. The Morgan fingerprint density at radius 3 is 2.51 bits per heavy atom. The number of fused-ring (bicyclic) bond motifs is 1. The molecule has 0 radical (unpaired) electrons. The molecule has 1 amide bonds. The molecule has 2 saturated heterocycles. The second-order valence-corrected chi connectivity index (χ2v) is 10.5. The number of carboxylic acid groups (broad SMARTS) is 1. The predicted octanol–water partition coefficient (Wildman–Crippen LogP) is 3.88. The summed E-state index contributed by atoms with van der Waals surface area (Å²) >= 11 is 0. The van der Waals surface area contributed by atoms with E-state index in [0.29, 0.717) is 47.2 Å². The van der Waals surface area contributed by atoms with Crippen LogP contribution in [0.4, 0.5) is 25.2 Å². The molecule has 1 aromatic carbocycles. The maximum absolute atomic E-state index is 13.2. The van der Waals surface area contributed by atoms with Crippen LogP contribution in [0.2, 0.25) is 0 Å². The molecule has 3 aromatic heterocycles. The number of carbonyl (C=O) groups is 1. The van der Waals surface area contributed by atoms with Crippen LogP contribution in [0.15, 0.2) is 30.3 Å². The van der Waals surface area contributed by atoms with Gasteiger partial charge < -0.3 is 24.2 Å². The Morgan fingerprint density at radius 1 is 1.17 bits per heavy atom. The number of hydrogen-bond donors (Lipinski definition) is 1. The maximum Gasteiger partial charge on any atom is 0.413 e. The van der Waals surface area contributed by atoms with Crippen molar-refractivity contribution in [2.75, 3.05) is 43.2 Å². The summed E-state index contributed by atoms with van der Waals surface area (Å²) in [6, 6.07) is 8.22. The Hall–Kier alpha value is -4.46. The zero-order chi connectivity index (χ0) is 29.1. The fraction of sp³-hybridized carbons (Fsp3) is 0.407. The lowest BCUT2D eigenvalue weighted by Crippen LogP contribution is -2.66. The van der Waals surface area contributed by atoms with Crippen LogP contribution >= 0.6 is 0 Å². The second kappa shape index (κ2) is 9.87. The van der Waals surface area contributed by atoms with Gasteiger partial charge in [0.1, 0.15) is 11.6 Å². The van der Waals surface area contributed by atoms with Crippen LogP contribution in [0, 0.1) is 19.3 Å². The molecule has 0 unspecified atom stereocenters. The highest BCUT2D eigenvalue weighted by atomic mass is 19.3. The Kier molecular flexibility index (Phi) is 6.44. The van der Waals surface area contributed by atoms with Gasteiger partial charge in [-0.3, -0.25) is 9.58 Å². The highest BCUT2D eigenvalue weighted by Gasteiger charge is 2.49. The summed E-state index contributed by atoms with van der Waals surface area (Å²) in [5.41, 5.74) is 3.52. The minimum atomic E-state index is -3.05. The number of anilines is 2. The summed E-state index contributed by atoms with van der Waals surface area (Å²) < 4.78 is 44.8. The van der Waals surface area contributed by atoms with Gasteiger partial charge in [0.25, 0.3) is 0 Å². The van der Waals surface area contributed by atoms with E-state index in [1.165, 1.54) is 28.7 Å².